The van der Waals surface area contributed by atoms with Crippen LogP contribution in [0.5, 0.6) is 0 Å². The predicted octanol–water partition coefficient (Wildman–Crippen LogP) is 1.01. The van der Waals surface area contributed by atoms with Gasteiger partial charge in [0, 0.05) is 0 Å². The van der Waals surface area contributed by atoms with Gasteiger partial charge in [-0.1, -0.05) is 12.1 Å². The first-order valence-electron chi connectivity index (χ1n) is 6.00. The van der Waals surface area contributed by atoms with Crippen molar-refractivity contribution in [2.24, 2.45) is 0 Å². The van der Waals surface area contributed by atoms with E-state index in [1.165, 1.54) is 25.3 Å². The van der Waals surface area contributed by atoms with Gasteiger partial charge in [-0.2, -0.15) is 8.42 Å². The van der Waals surface area contributed by atoms with Crippen molar-refractivity contribution in [3.8, 4) is 0 Å². The number of carbonyl (C=O) groups is 2. The fraction of sp³-hybridized carbons (Fsp3) is 0.143. The van der Waals surface area contributed by atoms with Gasteiger partial charge in [0.15, 0.2) is 0 Å². The number of ether oxygens (including phenoxy) is 2. The minimum atomic E-state index is -4.57. The van der Waals surface area contributed by atoms with Crippen molar-refractivity contribution in [3.05, 3.63) is 41.5 Å². The van der Waals surface area contributed by atoms with Gasteiger partial charge >= 0.3 is 63.3 Å². The fourth-order valence-electron chi connectivity index (χ4n) is 2.08. The number of methoxy groups -OCH3 is 2. The first-order valence-corrected chi connectivity index (χ1v) is 7.44. The molecule has 0 amide bonds. The fourth-order valence-corrected chi connectivity index (χ4v) is 2.61. The Balaban J connectivity index is 0.00000264. The van der Waals surface area contributed by atoms with Crippen LogP contribution < -0.4 is 0 Å². The normalized spacial score (nSPS) is 10.7. The Hall–Kier alpha value is -0.814. The Bertz CT molecular complexity index is 874. The van der Waals surface area contributed by atoms with E-state index in [9.17, 15) is 22.6 Å². The van der Waals surface area contributed by atoms with Crippen LogP contribution >= 0.6 is 0 Å². The van der Waals surface area contributed by atoms with E-state index in [1.54, 1.807) is 0 Å². The zero-order valence-corrected chi connectivity index (χ0v) is 12.5. The van der Waals surface area contributed by atoms with Gasteiger partial charge in [-0.3, -0.25) is 4.55 Å². The number of carbonyl (C=O) groups excluding carboxylic acids is 2. The van der Waals surface area contributed by atoms with Crippen molar-refractivity contribution in [2.75, 3.05) is 14.2 Å². The Morgan fingerprint density at radius 3 is 2.04 bits per heavy atom. The molecule has 2 rings (SSSR count). The van der Waals surface area contributed by atoms with Crippen molar-refractivity contribution in [1.82, 2.24) is 0 Å². The summed E-state index contributed by atoms with van der Waals surface area (Å²) in [5.41, 5.74) is -0.0194. The van der Waals surface area contributed by atoms with Crippen LogP contribution in [0, 0.1) is 0 Å². The molecule has 0 heterocycles. The van der Waals surface area contributed by atoms with Crippen LogP contribution in [0.1, 0.15) is 20.7 Å². The summed E-state index contributed by atoms with van der Waals surface area (Å²) in [4.78, 5) is 23.1. The summed E-state index contributed by atoms with van der Waals surface area (Å²) in [5, 5.41) is 0.465. The average molecular weight is 364 g/mol. The molecule has 0 saturated heterocycles. The second-order valence-corrected chi connectivity index (χ2v) is 5.75. The number of hydrogen-bond donors (Lipinski definition) is 1. The molecule has 0 aliphatic rings. The molecule has 0 aliphatic carbocycles. The molecule has 0 fully saturated rings. The van der Waals surface area contributed by atoms with E-state index in [1.807, 2.05) is 0 Å². The predicted molar refractivity (Wildman–Crippen MR) is 83.6 cm³/mol. The quantitative estimate of drug-likeness (QED) is 0.492. The third-order valence-corrected chi connectivity index (χ3v) is 3.91. The topological polar surface area (TPSA) is 107 Å². The molecular weight excluding hydrogens is 351 g/mol. The molecule has 0 radical (unpaired) electrons. The third-order valence-electron chi connectivity index (χ3n) is 3.08. The molecule has 2 aromatic carbocycles. The van der Waals surface area contributed by atoms with E-state index in [-0.39, 0.29) is 67.9 Å². The molecule has 118 valence electrons. The number of fused-ring (bicyclic) bond motifs is 1. The van der Waals surface area contributed by atoms with Gasteiger partial charge in [-0.15, -0.1) is 0 Å². The average Bonchev–Trinajstić information content (AvgIpc) is 2.50. The van der Waals surface area contributed by atoms with E-state index in [4.69, 9.17) is 0 Å². The summed E-state index contributed by atoms with van der Waals surface area (Å²) < 4.78 is 41.2. The third kappa shape index (κ3) is 4.18. The Labute approximate surface area is 175 Å². The monoisotopic (exact) mass is 364 g/mol. The number of hydrogen-bond acceptors (Lipinski definition) is 6. The molecule has 7 nitrogen and oxygen atoms in total. The summed E-state index contributed by atoms with van der Waals surface area (Å²) in [7, 11) is -2.25. The molecule has 0 atom stereocenters. The van der Waals surface area contributed by atoms with Crippen molar-refractivity contribution in [3.63, 3.8) is 0 Å². The van der Waals surface area contributed by atoms with Crippen molar-refractivity contribution in [1.29, 1.82) is 0 Å². The van der Waals surface area contributed by atoms with Crippen molar-refractivity contribution < 1.29 is 32.0 Å². The number of benzene rings is 2. The summed E-state index contributed by atoms with van der Waals surface area (Å²) >= 11 is 0. The van der Waals surface area contributed by atoms with Gasteiger partial charge in [0.1, 0.15) is 0 Å². The van der Waals surface area contributed by atoms with Crippen LogP contribution in [0.3, 0.4) is 0 Å². The molecule has 0 aliphatic heterocycles. The minimum absolute atomic E-state index is 0. The molecule has 9 heteroatoms. The maximum absolute atomic E-state index is 11.8. The maximum atomic E-state index is 11.8. The number of rotatable bonds is 3. The van der Waals surface area contributed by atoms with Gasteiger partial charge in [0.2, 0.25) is 0 Å². The van der Waals surface area contributed by atoms with Crippen LogP contribution in [0.4, 0.5) is 0 Å². The van der Waals surface area contributed by atoms with Crippen LogP contribution in [-0.2, 0) is 19.6 Å². The molecular formula is C14H13KO7S. The SMILES string of the molecule is COC(=O)c1cc(S(=O)(=O)O)cc2c(C(=O)OC)cccc12.[KH]. The van der Waals surface area contributed by atoms with Gasteiger partial charge in [0.25, 0.3) is 10.1 Å². The van der Waals surface area contributed by atoms with Crippen molar-refractivity contribution in [2.45, 2.75) is 4.90 Å². The molecule has 0 bridgehead atoms. The zero-order valence-electron chi connectivity index (χ0n) is 11.7. The van der Waals surface area contributed by atoms with Crippen LogP contribution in [0.15, 0.2) is 35.2 Å². The summed E-state index contributed by atoms with van der Waals surface area (Å²) in [6.45, 7) is 0. The molecule has 0 spiro atoms. The summed E-state index contributed by atoms with van der Waals surface area (Å²) in [6, 6.07) is 6.56. The van der Waals surface area contributed by atoms with Gasteiger partial charge in [0.05, 0.1) is 30.2 Å². The van der Waals surface area contributed by atoms with Crippen LogP contribution in [0.2, 0.25) is 0 Å². The molecule has 0 unspecified atom stereocenters. The van der Waals surface area contributed by atoms with Crippen LogP contribution in [0.25, 0.3) is 10.8 Å². The standard InChI is InChI=1S/C14H12O7S.K.H/c1-20-13(15)10-5-3-4-9-11(10)6-8(22(17,18)19)7-12(9)14(16)21-2;;/h3-7H,1-2H3,(H,17,18,19);;. The van der Waals surface area contributed by atoms with Gasteiger partial charge in [-0.25, -0.2) is 9.59 Å². The van der Waals surface area contributed by atoms with E-state index >= 15 is 0 Å². The molecule has 0 saturated carbocycles. The van der Waals surface area contributed by atoms with Crippen LogP contribution in [-0.4, -0.2) is 90.5 Å². The van der Waals surface area contributed by atoms with E-state index in [2.05, 4.69) is 9.47 Å². The van der Waals surface area contributed by atoms with E-state index < -0.39 is 27.0 Å². The van der Waals surface area contributed by atoms with Crippen molar-refractivity contribution >= 4 is 84.2 Å². The first-order chi connectivity index (χ1) is 10.3. The van der Waals surface area contributed by atoms with Gasteiger partial charge < -0.3 is 9.47 Å². The second-order valence-electron chi connectivity index (χ2n) is 4.33. The first kappa shape index (κ1) is 20.2. The van der Waals surface area contributed by atoms with E-state index in [0.717, 1.165) is 19.2 Å². The Morgan fingerprint density at radius 2 is 1.52 bits per heavy atom. The molecule has 23 heavy (non-hydrogen) atoms. The second kappa shape index (κ2) is 7.84. The summed E-state index contributed by atoms with van der Waals surface area (Å²) in [6.07, 6.45) is 0. The zero-order chi connectivity index (χ0) is 16.5. The van der Waals surface area contributed by atoms with Gasteiger partial charge in [-0.05, 0) is 29.0 Å². The molecule has 0 aromatic heterocycles. The Morgan fingerprint density at radius 1 is 0.957 bits per heavy atom. The number of esters is 2. The van der Waals surface area contributed by atoms with E-state index in [0.29, 0.717) is 5.39 Å². The molecule has 1 N–H and O–H groups in total. The molecule has 2 aromatic rings. The Kier molecular flexibility index (Phi) is 6.90. The summed E-state index contributed by atoms with van der Waals surface area (Å²) in [5.74, 6) is -1.49.